The van der Waals surface area contributed by atoms with Crippen molar-refractivity contribution in [2.24, 2.45) is 0 Å². The molecule has 0 atom stereocenters. The molecule has 5 heteroatoms. The van der Waals surface area contributed by atoms with Gasteiger partial charge in [-0.1, -0.05) is 11.6 Å². The van der Waals surface area contributed by atoms with E-state index >= 15 is 0 Å². The number of halogens is 1. The van der Waals surface area contributed by atoms with E-state index in [1.807, 2.05) is 26.8 Å². The maximum atomic E-state index is 9.13. The van der Waals surface area contributed by atoms with Crippen LogP contribution in [0.5, 0.6) is 0 Å². The summed E-state index contributed by atoms with van der Waals surface area (Å²) in [5.41, 5.74) is 1.88. The van der Waals surface area contributed by atoms with Crippen LogP contribution in [-0.4, -0.2) is 9.97 Å². The molecule has 0 saturated carbocycles. The monoisotopic (exact) mass is 251 g/mol. The molecule has 2 heterocycles. The first-order valence-corrected chi connectivity index (χ1v) is 5.99. The lowest BCUT2D eigenvalue weighted by Crippen LogP contribution is -2.16. The number of hydrogen-bond donors (Lipinski definition) is 0. The smallest absolute Gasteiger partial charge is 0.186 e. The van der Waals surface area contributed by atoms with E-state index in [0.717, 1.165) is 16.0 Å². The molecule has 0 fully saturated rings. The highest BCUT2D eigenvalue weighted by Crippen LogP contribution is 2.31. The average molecular weight is 252 g/mol. The van der Waals surface area contributed by atoms with Gasteiger partial charge in [-0.25, -0.2) is 9.97 Å². The summed E-state index contributed by atoms with van der Waals surface area (Å²) >= 11 is 7.22. The Morgan fingerprint density at radius 2 is 2.12 bits per heavy atom. The highest BCUT2D eigenvalue weighted by molar-refractivity contribution is 7.22. The summed E-state index contributed by atoms with van der Waals surface area (Å²) in [6, 6.07) is 4.24. The van der Waals surface area contributed by atoms with E-state index in [-0.39, 0.29) is 0 Å². The summed E-state index contributed by atoms with van der Waals surface area (Å²) in [6.07, 6.45) is 0. The van der Waals surface area contributed by atoms with Gasteiger partial charge in [-0.05, 0) is 32.4 Å². The molecule has 3 nitrogen and oxygen atoms in total. The van der Waals surface area contributed by atoms with Crippen LogP contribution in [0.15, 0.2) is 6.07 Å². The van der Waals surface area contributed by atoms with Gasteiger partial charge in [-0.2, -0.15) is 5.26 Å². The third kappa shape index (κ3) is 1.77. The number of pyridine rings is 1. The average Bonchev–Trinajstić information content (AvgIpc) is 2.56. The number of thiazole rings is 1. The highest BCUT2D eigenvalue weighted by Gasteiger charge is 2.23. The Bertz CT molecular complexity index is 595. The molecule has 0 spiro atoms. The fourth-order valence-corrected chi connectivity index (χ4v) is 2.62. The van der Waals surface area contributed by atoms with E-state index in [1.165, 1.54) is 11.3 Å². The summed E-state index contributed by atoms with van der Waals surface area (Å²) in [5.74, 6) is 0. The van der Waals surface area contributed by atoms with Crippen LogP contribution in [0.25, 0.3) is 10.3 Å². The predicted octanol–water partition coefficient (Wildman–Crippen LogP) is 3.45. The van der Waals surface area contributed by atoms with Gasteiger partial charge in [0.2, 0.25) is 0 Å². The third-order valence-corrected chi connectivity index (χ3v) is 3.60. The van der Waals surface area contributed by atoms with Crippen molar-refractivity contribution in [1.29, 1.82) is 5.26 Å². The van der Waals surface area contributed by atoms with Crippen molar-refractivity contribution in [3.63, 3.8) is 0 Å². The number of nitrogens with zero attached hydrogens (tertiary/aromatic N) is 3. The number of fused-ring (bicyclic) bond motifs is 1. The molecule has 16 heavy (non-hydrogen) atoms. The van der Waals surface area contributed by atoms with Crippen molar-refractivity contribution in [3.05, 3.63) is 21.8 Å². The molecule has 0 unspecified atom stereocenters. The summed E-state index contributed by atoms with van der Waals surface area (Å²) in [4.78, 5) is 8.49. The molecule has 0 N–H and O–H groups in total. The molecule has 0 aliphatic rings. The topological polar surface area (TPSA) is 49.6 Å². The molecular weight excluding hydrogens is 242 g/mol. The second-order valence-corrected chi connectivity index (χ2v) is 5.76. The van der Waals surface area contributed by atoms with Crippen LogP contribution >= 0.6 is 22.9 Å². The largest absolute Gasteiger partial charge is 0.232 e. The van der Waals surface area contributed by atoms with Crippen molar-refractivity contribution in [2.75, 3.05) is 0 Å². The zero-order valence-electron chi connectivity index (χ0n) is 9.21. The van der Waals surface area contributed by atoms with Crippen LogP contribution in [0, 0.1) is 18.3 Å². The van der Waals surface area contributed by atoms with Gasteiger partial charge in [0.05, 0.1) is 16.2 Å². The molecule has 0 radical (unpaired) electrons. The normalized spacial score (nSPS) is 11.7. The molecule has 0 aliphatic carbocycles. The van der Waals surface area contributed by atoms with Gasteiger partial charge in [0.1, 0.15) is 0 Å². The molecule has 0 saturated heterocycles. The molecule has 0 aliphatic heterocycles. The van der Waals surface area contributed by atoms with E-state index in [9.17, 15) is 0 Å². The Morgan fingerprint density at radius 1 is 1.44 bits per heavy atom. The number of hydrogen-bond acceptors (Lipinski definition) is 4. The van der Waals surface area contributed by atoms with Gasteiger partial charge >= 0.3 is 0 Å². The van der Waals surface area contributed by atoms with E-state index in [1.54, 1.807) is 0 Å². The van der Waals surface area contributed by atoms with Gasteiger partial charge in [-0.15, -0.1) is 11.3 Å². The lowest BCUT2D eigenvalue weighted by molar-refractivity contribution is 0.677. The molecule has 2 aromatic rings. The van der Waals surface area contributed by atoms with Crippen LogP contribution in [0.3, 0.4) is 0 Å². The van der Waals surface area contributed by atoms with E-state index in [4.69, 9.17) is 16.9 Å². The Balaban J connectivity index is 2.72. The minimum absolute atomic E-state index is 0.480. The van der Waals surface area contributed by atoms with E-state index in [0.29, 0.717) is 10.1 Å². The summed E-state index contributed by atoms with van der Waals surface area (Å²) < 4.78 is 1.41. The fraction of sp³-hybridized carbons (Fsp3) is 0.364. The van der Waals surface area contributed by atoms with Crippen molar-refractivity contribution in [2.45, 2.75) is 26.2 Å². The van der Waals surface area contributed by atoms with Crippen molar-refractivity contribution < 1.29 is 0 Å². The molecule has 82 valence electrons. The molecule has 0 aromatic carbocycles. The summed E-state index contributed by atoms with van der Waals surface area (Å²) in [7, 11) is 0. The first-order chi connectivity index (χ1) is 7.44. The van der Waals surface area contributed by atoms with Crippen LogP contribution in [-0.2, 0) is 5.41 Å². The number of rotatable bonds is 1. The maximum Gasteiger partial charge on any atom is 0.186 e. The van der Waals surface area contributed by atoms with Crippen molar-refractivity contribution in [3.8, 4) is 6.07 Å². The first-order valence-electron chi connectivity index (χ1n) is 4.79. The van der Waals surface area contributed by atoms with E-state index in [2.05, 4.69) is 16.0 Å². The lowest BCUT2D eigenvalue weighted by Gasteiger charge is -2.17. The second-order valence-electron chi connectivity index (χ2n) is 4.15. The van der Waals surface area contributed by atoms with Crippen molar-refractivity contribution >= 4 is 33.3 Å². The summed E-state index contributed by atoms with van der Waals surface area (Å²) in [6.45, 7) is 5.65. The Labute approximate surface area is 103 Å². The Kier molecular flexibility index (Phi) is 2.61. The molecule has 2 aromatic heterocycles. The molecular formula is C11H10ClN3S. The zero-order chi connectivity index (χ0) is 11.9. The highest BCUT2D eigenvalue weighted by atomic mass is 35.5. The zero-order valence-corrected chi connectivity index (χ0v) is 10.8. The fourth-order valence-electron chi connectivity index (χ4n) is 1.62. The minimum Gasteiger partial charge on any atom is -0.232 e. The first kappa shape index (κ1) is 11.3. The van der Waals surface area contributed by atoms with Gasteiger partial charge < -0.3 is 0 Å². The molecule has 0 bridgehead atoms. The molecule has 0 amide bonds. The van der Waals surface area contributed by atoms with Gasteiger partial charge in [0, 0.05) is 5.69 Å². The molecule has 2 rings (SSSR count). The lowest BCUT2D eigenvalue weighted by atomic mass is 9.85. The van der Waals surface area contributed by atoms with Gasteiger partial charge in [-0.3, -0.25) is 0 Å². The number of aromatic nitrogens is 2. The van der Waals surface area contributed by atoms with Gasteiger partial charge in [0.15, 0.2) is 10.1 Å². The van der Waals surface area contributed by atoms with Gasteiger partial charge in [0.25, 0.3) is 0 Å². The van der Waals surface area contributed by atoms with Crippen LogP contribution < -0.4 is 0 Å². The van der Waals surface area contributed by atoms with Crippen LogP contribution in [0.4, 0.5) is 0 Å². The van der Waals surface area contributed by atoms with Crippen molar-refractivity contribution in [1.82, 2.24) is 9.97 Å². The summed E-state index contributed by atoms with van der Waals surface area (Å²) in [5, 5.41) is 9.13. The van der Waals surface area contributed by atoms with Crippen LogP contribution in [0.1, 0.15) is 25.1 Å². The number of aryl methyl sites for hydroxylation is 1. The predicted molar refractivity (Wildman–Crippen MR) is 65.8 cm³/mol. The third-order valence-electron chi connectivity index (χ3n) is 2.50. The van der Waals surface area contributed by atoms with Crippen LogP contribution in [0.2, 0.25) is 4.47 Å². The maximum absolute atomic E-state index is 9.13. The standard InChI is InChI=1S/C11H10ClN3S/c1-6-7(11(2,3)5-13)4-8-9(14-6)15-10(12)16-8/h4H,1-3H3. The quantitative estimate of drug-likeness (QED) is 0.780. The Hall–Kier alpha value is -1.18. The number of nitriles is 1. The SMILES string of the molecule is Cc1nc2nc(Cl)sc2cc1C(C)(C)C#N. The van der Waals surface area contributed by atoms with E-state index < -0.39 is 5.41 Å². The Morgan fingerprint density at radius 3 is 2.75 bits per heavy atom. The second kappa shape index (κ2) is 3.69. The minimum atomic E-state index is -0.540.